The van der Waals surface area contributed by atoms with Crippen molar-refractivity contribution >= 4 is 5.91 Å². The summed E-state index contributed by atoms with van der Waals surface area (Å²) in [7, 11) is 0. The second-order valence-electron chi connectivity index (χ2n) is 3.97. The van der Waals surface area contributed by atoms with Gasteiger partial charge in [-0.15, -0.1) is 0 Å². The lowest BCUT2D eigenvalue weighted by atomic mass is 10.1. The maximum absolute atomic E-state index is 11.2. The van der Waals surface area contributed by atoms with E-state index in [0.717, 1.165) is 19.6 Å². The van der Waals surface area contributed by atoms with Crippen LogP contribution in [0.2, 0.25) is 0 Å². The summed E-state index contributed by atoms with van der Waals surface area (Å²) in [6.07, 6.45) is 1.18. The standard InChI is InChI=1S/C9H17N3O/c1-7-4-11-9(13)6-12(7)8-2-3-10-5-8/h7-8,10H,2-6H2,1H3,(H,11,13). The number of hydrogen-bond donors (Lipinski definition) is 2. The van der Waals surface area contributed by atoms with E-state index in [2.05, 4.69) is 22.5 Å². The Bertz CT molecular complexity index is 201. The molecule has 0 aromatic carbocycles. The minimum Gasteiger partial charge on any atom is -0.353 e. The highest BCUT2D eigenvalue weighted by molar-refractivity contribution is 5.78. The van der Waals surface area contributed by atoms with E-state index in [-0.39, 0.29) is 5.91 Å². The smallest absolute Gasteiger partial charge is 0.234 e. The monoisotopic (exact) mass is 183 g/mol. The number of carbonyl (C=O) groups is 1. The summed E-state index contributed by atoms with van der Waals surface area (Å²) >= 11 is 0. The van der Waals surface area contributed by atoms with E-state index in [1.807, 2.05) is 0 Å². The molecule has 0 aliphatic carbocycles. The summed E-state index contributed by atoms with van der Waals surface area (Å²) in [5.41, 5.74) is 0. The third-order valence-corrected chi connectivity index (χ3v) is 2.99. The zero-order valence-electron chi connectivity index (χ0n) is 8.05. The normalized spacial score (nSPS) is 36.2. The number of nitrogens with one attached hydrogen (secondary N) is 2. The van der Waals surface area contributed by atoms with Crippen LogP contribution < -0.4 is 10.6 Å². The van der Waals surface area contributed by atoms with Gasteiger partial charge in [0, 0.05) is 25.2 Å². The third-order valence-electron chi connectivity index (χ3n) is 2.99. The molecule has 4 nitrogen and oxygen atoms in total. The molecule has 2 saturated heterocycles. The molecule has 2 rings (SSSR count). The molecule has 0 saturated carbocycles. The Morgan fingerprint density at radius 3 is 3.00 bits per heavy atom. The SMILES string of the molecule is CC1CNC(=O)CN1C1CCNC1. The van der Waals surface area contributed by atoms with E-state index in [1.165, 1.54) is 6.42 Å². The average Bonchev–Trinajstić information content (AvgIpc) is 2.61. The van der Waals surface area contributed by atoms with Gasteiger partial charge in [-0.05, 0) is 19.9 Å². The fourth-order valence-electron chi connectivity index (χ4n) is 2.17. The summed E-state index contributed by atoms with van der Waals surface area (Å²) in [6.45, 7) is 5.69. The van der Waals surface area contributed by atoms with Gasteiger partial charge in [-0.25, -0.2) is 0 Å². The van der Waals surface area contributed by atoms with Crippen LogP contribution in [0.1, 0.15) is 13.3 Å². The molecule has 2 heterocycles. The Morgan fingerprint density at radius 2 is 2.31 bits per heavy atom. The molecule has 0 aromatic rings. The minimum absolute atomic E-state index is 0.171. The Kier molecular flexibility index (Phi) is 2.51. The number of hydrogen-bond acceptors (Lipinski definition) is 3. The summed E-state index contributed by atoms with van der Waals surface area (Å²) in [6, 6.07) is 1.06. The summed E-state index contributed by atoms with van der Waals surface area (Å²) in [5, 5.41) is 6.22. The van der Waals surface area contributed by atoms with Gasteiger partial charge in [0.1, 0.15) is 0 Å². The van der Waals surface area contributed by atoms with Gasteiger partial charge < -0.3 is 10.6 Å². The van der Waals surface area contributed by atoms with Crippen molar-refractivity contribution in [3.8, 4) is 0 Å². The molecule has 74 valence electrons. The van der Waals surface area contributed by atoms with Crippen LogP contribution in [0.15, 0.2) is 0 Å². The van der Waals surface area contributed by atoms with Crippen molar-refractivity contribution in [3.63, 3.8) is 0 Å². The van der Waals surface area contributed by atoms with Crippen LogP contribution in [0.25, 0.3) is 0 Å². The highest BCUT2D eigenvalue weighted by Crippen LogP contribution is 2.13. The molecule has 2 atom stereocenters. The molecule has 0 aromatic heterocycles. The van der Waals surface area contributed by atoms with Gasteiger partial charge in [0.05, 0.1) is 6.54 Å². The molecule has 4 heteroatoms. The number of amides is 1. The second kappa shape index (κ2) is 3.64. The lowest BCUT2D eigenvalue weighted by Crippen LogP contribution is -2.57. The van der Waals surface area contributed by atoms with Crippen molar-refractivity contribution in [1.29, 1.82) is 0 Å². The lowest BCUT2D eigenvalue weighted by molar-refractivity contribution is -0.126. The molecule has 0 bridgehead atoms. The Hall–Kier alpha value is -0.610. The summed E-state index contributed by atoms with van der Waals surface area (Å²) < 4.78 is 0. The first kappa shape index (κ1) is 8.97. The fourth-order valence-corrected chi connectivity index (χ4v) is 2.17. The van der Waals surface area contributed by atoms with Crippen molar-refractivity contribution in [2.75, 3.05) is 26.2 Å². The quantitative estimate of drug-likeness (QED) is 0.557. The zero-order chi connectivity index (χ0) is 9.26. The Morgan fingerprint density at radius 1 is 1.46 bits per heavy atom. The maximum atomic E-state index is 11.2. The van der Waals surface area contributed by atoms with E-state index in [4.69, 9.17) is 0 Å². The molecular weight excluding hydrogens is 166 g/mol. The van der Waals surface area contributed by atoms with Crippen molar-refractivity contribution in [2.45, 2.75) is 25.4 Å². The van der Waals surface area contributed by atoms with Gasteiger partial charge in [-0.2, -0.15) is 0 Å². The number of carbonyl (C=O) groups excluding carboxylic acids is 1. The van der Waals surface area contributed by atoms with E-state index in [9.17, 15) is 4.79 Å². The molecule has 1 amide bonds. The average molecular weight is 183 g/mol. The van der Waals surface area contributed by atoms with Gasteiger partial charge in [0.15, 0.2) is 0 Å². The molecule has 0 spiro atoms. The molecule has 2 fully saturated rings. The summed E-state index contributed by atoms with van der Waals surface area (Å²) in [5.74, 6) is 0.171. The van der Waals surface area contributed by atoms with Crippen LogP contribution in [0, 0.1) is 0 Å². The first-order chi connectivity index (χ1) is 6.27. The predicted molar refractivity (Wildman–Crippen MR) is 50.5 cm³/mol. The summed E-state index contributed by atoms with van der Waals surface area (Å²) in [4.78, 5) is 13.5. The Labute approximate surface area is 78.7 Å². The highest BCUT2D eigenvalue weighted by Gasteiger charge is 2.30. The first-order valence-electron chi connectivity index (χ1n) is 5.00. The molecule has 2 aliphatic heterocycles. The lowest BCUT2D eigenvalue weighted by Gasteiger charge is -2.37. The van der Waals surface area contributed by atoms with Crippen LogP contribution in [-0.2, 0) is 4.79 Å². The topological polar surface area (TPSA) is 44.4 Å². The molecule has 2 N–H and O–H groups in total. The van der Waals surface area contributed by atoms with Crippen molar-refractivity contribution in [3.05, 3.63) is 0 Å². The van der Waals surface area contributed by atoms with Gasteiger partial charge in [-0.1, -0.05) is 0 Å². The van der Waals surface area contributed by atoms with E-state index in [1.54, 1.807) is 0 Å². The third kappa shape index (κ3) is 1.84. The van der Waals surface area contributed by atoms with E-state index in [0.29, 0.717) is 18.6 Å². The first-order valence-corrected chi connectivity index (χ1v) is 5.00. The number of piperazine rings is 1. The zero-order valence-corrected chi connectivity index (χ0v) is 8.05. The molecule has 2 aliphatic rings. The van der Waals surface area contributed by atoms with Crippen LogP contribution in [-0.4, -0.2) is 49.1 Å². The second-order valence-corrected chi connectivity index (χ2v) is 3.97. The minimum atomic E-state index is 0.171. The van der Waals surface area contributed by atoms with Crippen LogP contribution in [0.5, 0.6) is 0 Å². The van der Waals surface area contributed by atoms with Crippen LogP contribution in [0.3, 0.4) is 0 Å². The van der Waals surface area contributed by atoms with Crippen molar-refractivity contribution in [1.82, 2.24) is 15.5 Å². The van der Waals surface area contributed by atoms with E-state index >= 15 is 0 Å². The van der Waals surface area contributed by atoms with Gasteiger partial charge in [-0.3, -0.25) is 9.69 Å². The number of nitrogens with zero attached hydrogens (tertiary/aromatic N) is 1. The molecule has 2 unspecified atom stereocenters. The molecule has 13 heavy (non-hydrogen) atoms. The largest absolute Gasteiger partial charge is 0.353 e. The van der Waals surface area contributed by atoms with E-state index < -0.39 is 0 Å². The van der Waals surface area contributed by atoms with Crippen LogP contribution in [0.4, 0.5) is 0 Å². The van der Waals surface area contributed by atoms with Crippen LogP contribution >= 0.6 is 0 Å². The molecule has 0 radical (unpaired) electrons. The fraction of sp³-hybridized carbons (Fsp3) is 0.889. The van der Waals surface area contributed by atoms with Crippen molar-refractivity contribution < 1.29 is 4.79 Å². The maximum Gasteiger partial charge on any atom is 0.234 e. The van der Waals surface area contributed by atoms with Gasteiger partial charge >= 0.3 is 0 Å². The Balaban J connectivity index is 1.98. The predicted octanol–water partition coefficient (Wildman–Crippen LogP) is -0.831. The van der Waals surface area contributed by atoms with Gasteiger partial charge in [0.25, 0.3) is 0 Å². The highest BCUT2D eigenvalue weighted by atomic mass is 16.2. The number of rotatable bonds is 1. The van der Waals surface area contributed by atoms with Gasteiger partial charge in [0.2, 0.25) is 5.91 Å². The molecular formula is C9H17N3O. The van der Waals surface area contributed by atoms with Crippen molar-refractivity contribution in [2.24, 2.45) is 0 Å².